The van der Waals surface area contributed by atoms with Gasteiger partial charge in [0.25, 0.3) is 0 Å². The Bertz CT molecular complexity index is 983. The van der Waals surface area contributed by atoms with Gasteiger partial charge < -0.3 is 0 Å². The fourth-order valence-electron chi connectivity index (χ4n) is 5.01. The van der Waals surface area contributed by atoms with Gasteiger partial charge in [0.15, 0.2) is 0 Å². The zero-order valence-electron chi connectivity index (χ0n) is 15.9. The van der Waals surface area contributed by atoms with E-state index in [1.54, 1.807) is 0 Å². The Morgan fingerprint density at radius 2 is 0.964 bits per heavy atom. The smallest absolute Gasteiger partial charge is 0.0192 e. The van der Waals surface area contributed by atoms with E-state index in [-0.39, 0.29) is 5.41 Å². The quantitative estimate of drug-likeness (QED) is 0.361. The Morgan fingerprint density at radius 1 is 0.536 bits per heavy atom. The number of hydrogen-bond acceptors (Lipinski definition) is 0. The maximum Gasteiger partial charge on any atom is 0.0192 e. The summed E-state index contributed by atoms with van der Waals surface area (Å²) in [5.74, 6) is 0.865. The molecule has 0 amide bonds. The molecule has 0 radical (unpaired) electrons. The Balaban J connectivity index is 1.71. The van der Waals surface area contributed by atoms with Crippen molar-refractivity contribution in [3.8, 4) is 0 Å². The minimum Gasteiger partial charge on any atom is -0.0622 e. The van der Waals surface area contributed by atoms with E-state index in [1.165, 1.54) is 28.7 Å². The van der Waals surface area contributed by atoms with E-state index < -0.39 is 0 Å². The predicted octanol–water partition coefficient (Wildman–Crippen LogP) is 6.94. The van der Waals surface area contributed by atoms with Crippen LogP contribution < -0.4 is 0 Å². The van der Waals surface area contributed by atoms with Gasteiger partial charge in [0.1, 0.15) is 0 Å². The van der Waals surface area contributed by atoms with Crippen LogP contribution in [0.3, 0.4) is 0 Å². The lowest BCUT2D eigenvalue weighted by atomic mass is 9.72. The normalized spacial score (nSPS) is 20.8. The summed E-state index contributed by atoms with van der Waals surface area (Å²) in [4.78, 5) is 0. The number of rotatable bonds is 5. The molecule has 0 heterocycles. The molecule has 0 bridgehead atoms. The van der Waals surface area contributed by atoms with E-state index in [4.69, 9.17) is 0 Å². The first-order valence-corrected chi connectivity index (χ1v) is 10.1. The molecule has 136 valence electrons. The average molecular weight is 361 g/mol. The molecule has 0 saturated heterocycles. The molecule has 28 heavy (non-hydrogen) atoms. The Kier molecular flexibility index (Phi) is 4.33. The van der Waals surface area contributed by atoms with Crippen molar-refractivity contribution in [3.63, 3.8) is 0 Å². The SMILES string of the molecule is c1ccc(C2CC2(c2ccccc2)C(c2ccccc2)c2ccccc2)cc1. The van der Waals surface area contributed by atoms with Crippen molar-refractivity contribution in [2.24, 2.45) is 0 Å². The van der Waals surface area contributed by atoms with Crippen LogP contribution >= 0.6 is 0 Å². The van der Waals surface area contributed by atoms with Crippen molar-refractivity contribution < 1.29 is 0 Å². The highest BCUT2D eigenvalue weighted by Crippen LogP contribution is 2.68. The first-order valence-electron chi connectivity index (χ1n) is 10.1. The van der Waals surface area contributed by atoms with Crippen molar-refractivity contribution in [2.45, 2.75) is 23.7 Å². The van der Waals surface area contributed by atoms with Crippen LogP contribution in [0.2, 0.25) is 0 Å². The van der Waals surface area contributed by atoms with Crippen LogP contribution in [-0.4, -0.2) is 0 Å². The molecule has 0 aliphatic heterocycles. The molecule has 0 N–H and O–H groups in total. The van der Waals surface area contributed by atoms with Gasteiger partial charge in [-0.05, 0) is 34.6 Å². The molecule has 5 rings (SSSR count). The fraction of sp³-hybridized carbons (Fsp3) is 0.143. The van der Waals surface area contributed by atoms with Crippen molar-refractivity contribution in [1.29, 1.82) is 0 Å². The van der Waals surface area contributed by atoms with Crippen LogP contribution in [0.4, 0.5) is 0 Å². The van der Waals surface area contributed by atoms with E-state index >= 15 is 0 Å². The van der Waals surface area contributed by atoms with Gasteiger partial charge in [-0.15, -0.1) is 0 Å². The van der Waals surface area contributed by atoms with E-state index in [0.717, 1.165) is 0 Å². The van der Waals surface area contributed by atoms with E-state index in [9.17, 15) is 0 Å². The highest BCUT2D eigenvalue weighted by atomic mass is 14.6. The third-order valence-corrected chi connectivity index (χ3v) is 6.30. The number of hydrogen-bond donors (Lipinski definition) is 0. The molecule has 0 aromatic heterocycles. The molecule has 0 nitrogen and oxygen atoms in total. The zero-order chi connectivity index (χ0) is 18.8. The Labute approximate surface area is 167 Å². The monoisotopic (exact) mass is 360 g/mol. The van der Waals surface area contributed by atoms with Crippen molar-refractivity contribution >= 4 is 0 Å². The summed E-state index contributed by atoms with van der Waals surface area (Å²) in [5.41, 5.74) is 5.78. The van der Waals surface area contributed by atoms with E-state index in [2.05, 4.69) is 121 Å². The van der Waals surface area contributed by atoms with Gasteiger partial charge in [0.05, 0.1) is 0 Å². The van der Waals surface area contributed by atoms with Gasteiger partial charge in [-0.25, -0.2) is 0 Å². The molecule has 1 aliphatic carbocycles. The summed E-state index contributed by atoms with van der Waals surface area (Å²) < 4.78 is 0. The highest BCUT2D eigenvalue weighted by molar-refractivity contribution is 5.52. The van der Waals surface area contributed by atoms with Gasteiger partial charge in [0, 0.05) is 11.3 Å². The lowest BCUT2D eigenvalue weighted by Crippen LogP contribution is -2.22. The molecule has 2 atom stereocenters. The van der Waals surface area contributed by atoms with Crippen LogP contribution in [-0.2, 0) is 5.41 Å². The van der Waals surface area contributed by atoms with Crippen molar-refractivity contribution in [1.82, 2.24) is 0 Å². The molecular formula is C28H24. The summed E-state index contributed by atoms with van der Waals surface area (Å²) in [6, 6.07) is 44.3. The van der Waals surface area contributed by atoms with E-state index in [0.29, 0.717) is 11.8 Å². The molecule has 4 aromatic carbocycles. The van der Waals surface area contributed by atoms with E-state index in [1.807, 2.05) is 0 Å². The topological polar surface area (TPSA) is 0 Å². The highest BCUT2D eigenvalue weighted by Gasteiger charge is 2.60. The summed E-state index contributed by atoms with van der Waals surface area (Å²) in [6.07, 6.45) is 1.18. The second-order valence-corrected chi connectivity index (χ2v) is 7.83. The molecule has 1 aliphatic rings. The predicted molar refractivity (Wildman–Crippen MR) is 117 cm³/mol. The summed E-state index contributed by atoms with van der Waals surface area (Å²) in [6.45, 7) is 0. The van der Waals surface area contributed by atoms with Gasteiger partial charge in [-0.2, -0.15) is 0 Å². The summed E-state index contributed by atoms with van der Waals surface area (Å²) in [7, 11) is 0. The lowest BCUT2D eigenvalue weighted by Gasteiger charge is -2.30. The third kappa shape index (κ3) is 2.86. The van der Waals surface area contributed by atoms with Crippen LogP contribution in [0.25, 0.3) is 0 Å². The first-order chi connectivity index (χ1) is 13.9. The Hall–Kier alpha value is -3.12. The largest absolute Gasteiger partial charge is 0.0622 e. The summed E-state index contributed by atoms with van der Waals surface area (Å²) in [5, 5.41) is 0. The zero-order valence-corrected chi connectivity index (χ0v) is 15.9. The second kappa shape index (κ2) is 7.13. The molecule has 1 fully saturated rings. The first kappa shape index (κ1) is 17.0. The summed E-state index contributed by atoms with van der Waals surface area (Å²) >= 11 is 0. The minimum absolute atomic E-state index is 0.0886. The van der Waals surface area contributed by atoms with Crippen LogP contribution in [0.5, 0.6) is 0 Å². The van der Waals surface area contributed by atoms with Crippen LogP contribution in [0, 0.1) is 0 Å². The molecular weight excluding hydrogens is 336 g/mol. The average Bonchev–Trinajstić information content (AvgIpc) is 3.53. The standard InChI is InChI=1S/C28H24/c1-5-13-22(14-6-1)26-21-28(26,25-19-11-4-12-20-25)27(23-15-7-2-8-16-23)24-17-9-3-10-18-24/h1-20,26-27H,21H2. The Morgan fingerprint density at radius 3 is 1.46 bits per heavy atom. The fourth-order valence-corrected chi connectivity index (χ4v) is 5.01. The molecule has 0 heteroatoms. The maximum absolute atomic E-state index is 2.32. The van der Waals surface area contributed by atoms with Gasteiger partial charge in [-0.3, -0.25) is 0 Å². The molecule has 2 unspecified atom stereocenters. The van der Waals surface area contributed by atoms with Crippen LogP contribution in [0.1, 0.15) is 40.5 Å². The molecule has 0 spiro atoms. The molecule has 4 aromatic rings. The third-order valence-electron chi connectivity index (χ3n) is 6.30. The second-order valence-electron chi connectivity index (χ2n) is 7.83. The van der Waals surface area contributed by atoms with Gasteiger partial charge >= 0.3 is 0 Å². The lowest BCUT2D eigenvalue weighted by molar-refractivity contribution is 0.575. The molecule has 1 saturated carbocycles. The van der Waals surface area contributed by atoms with Gasteiger partial charge in [-0.1, -0.05) is 121 Å². The van der Waals surface area contributed by atoms with Crippen molar-refractivity contribution in [2.75, 3.05) is 0 Å². The maximum atomic E-state index is 2.32. The van der Waals surface area contributed by atoms with Gasteiger partial charge in [0.2, 0.25) is 0 Å². The number of benzene rings is 4. The van der Waals surface area contributed by atoms with Crippen molar-refractivity contribution in [3.05, 3.63) is 144 Å². The minimum atomic E-state index is 0.0886. The van der Waals surface area contributed by atoms with Crippen LogP contribution in [0.15, 0.2) is 121 Å².